The topological polar surface area (TPSA) is 58.4 Å². The van der Waals surface area contributed by atoms with Gasteiger partial charge in [0, 0.05) is 16.7 Å². The van der Waals surface area contributed by atoms with Gasteiger partial charge >= 0.3 is 0 Å². The lowest BCUT2D eigenvalue weighted by molar-refractivity contribution is -0.115. The van der Waals surface area contributed by atoms with Crippen molar-refractivity contribution < 1.29 is 4.79 Å². The Morgan fingerprint density at radius 1 is 1.25 bits per heavy atom. The lowest BCUT2D eigenvalue weighted by atomic mass is 10.1. The number of fused-ring (bicyclic) bond motifs is 1. The van der Waals surface area contributed by atoms with Crippen molar-refractivity contribution in [2.24, 2.45) is 5.73 Å². The van der Waals surface area contributed by atoms with Gasteiger partial charge in [-0.25, -0.2) is 0 Å². The van der Waals surface area contributed by atoms with Gasteiger partial charge in [-0.2, -0.15) is 0 Å². The molecule has 102 valence electrons. The number of nitrogens with one attached hydrogen (secondary N) is 1. The summed E-state index contributed by atoms with van der Waals surface area (Å²) in [6.45, 7) is 0.769. The van der Waals surface area contributed by atoms with E-state index in [2.05, 4.69) is 21.2 Å². The number of amides is 1. The molecule has 0 saturated heterocycles. The molecule has 20 heavy (non-hydrogen) atoms. The molecule has 0 spiro atoms. The van der Waals surface area contributed by atoms with Crippen LogP contribution in [0.2, 0.25) is 0 Å². The number of anilines is 3. The van der Waals surface area contributed by atoms with Crippen LogP contribution in [0.5, 0.6) is 0 Å². The highest BCUT2D eigenvalue weighted by atomic mass is 79.9. The number of halogens is 1. The molecule has 0 aromatic heterocycles. The normalized spacial score (nSPS) is 13.9. The Morgan fingerprint density at radius 3 is 2.85 bits per heavy atom. The van der Waals surface area contributed by atoms with Crippen LogP contribution in [-0.4, -0.2) is 12.5 Å². The van der Waals surface area contributed by atoms with Gasteiger partial charge in [-0.1, -0.05) is 28.1 Å². The molecule has 1 aliphatic rings. The van der Waals surface area contributed by atoms with E-state index < -0.39 is 0 Å². The number of nitrogens with two attached hydrogens (primary N) is 1. The van der Waals surface area contributed by atoms with Crippen molar-refractivity contribution in [2.75, 3.05) is 16.8 Å². The standard InChI is InChI=1S/C15H14BrN3O/c16-11-5-10(8-17)6-12(7-11)19-9-15(20)18-13-3-1-2-4-14(13)19/h1-7H,8-9,17H2,(H,18,20). The summed E-state index contributed by atoms with van der Waals surface area (Å²) in [7, 11) is 0. The highest BCUT2D eigenvalue weighted by molar-refractivity contribution is 9.10. The number of para-hydroxylation sites is 2. The van der Waals surface area contributed by atoms with Crippen LogP contribution in [0, 0.1) is 0 Å². The number of nitrogens with zero attached hydrogens (tertiary/aromatic N) is 1. The zero-order valence-electron chi connectivity index (χ0n) is 10.8. The van der Waals surface area contributed by atoms with Gasteiger partial charge in [0.15, 0.2) is 0 Å². The Labute approximate surface area is 125 Å². The largest absolute Gasteiger partial charge is 0.330 e. The van der Waals surface area contributed by atoms with Crippen LogP contribution in [-0.2, 0) is 11.3 Å². The van der Waals surface area contributed by atoms with Crippen molar-refractivity contribution in [1.82, 2.24) is 0 Å². The predicted octanol–water partition coefficient (Wildman–Crippen LogP) is 3.00. The maximum Gasteiger partial charge on any atom is 0.244 e. The van der Waals surface area contributed by atoms with E-state index in [1.165, 1.54) is 0 Å². The first kappa shape index (κ1) is 13.1. The van der Waals surface area contributed by atoms with Crippen LogP contribution in [0.25, 0.3) is 0 Å². The first-order chi connectivity index (χ1) is 9.67. The summed E-state index contributed by atoms with van der Waals surface area (Å²) in [5.41, 5.74) is 9.53. The van der Waals surface area contributed by atoms with Crippen molar-refractivity contribution in [3.8, 4) is 0 Å². The Morgan fingerprint density at radius 2 is 2.05 bits per heavy atom. The van der Waals surface area contributed by atoms with Crippen LogP contribution < -0.4 is 16.0 Å². The average Bonchev–Trinajstić information content (AvgIpc) is 2.45. The lowest BCUT2D eigenvalue weighted by Crippen LogP contribution is -2.35. The van der Waals surface area contributed by atoms with Crippen LogP contribution >= 0.6 is 15.9 Å². The lowest BCUT2D eigenvalue weighted by Gasteiger charge is -2.31. The highest BCUT2D eigenvalue weighted by Gasteiger charge is 2.23. The molecular formula is C15H14BrN3O. The molecule has 2 aromatic carbocycles. The van der Waals surface area contributed by atoms with Gasteiger partial charge < -0.3 is 16.0 Å². The number of benzene rings is 2. The molecule has 2 aromatic rings. The van der Waals surface area contributed by atoms with Gasteiger partial charge in [-0.3, -0.25) is 4.79 Å². The molecule has 0 radical (unpaired) electrons. The number of rotatable bonds is 2. The highest BCUT2D eigenvalue weighted by Crippen LogP contribution is 2.36. The Hall–Kier alpha value is -1.85. The van der Waals surface area contributed by atoms with Crippen molar-refractivity contribution in [2.45, 2.75) is 6.54 Å². The molecule has 1 aliphatic heterocycles. The Balaban J connectivity index is 2.10. The van der Waals surface area contributed by atoms with E-state index in [1.807, 2.05) is 47.4 Å². The molecule has 0 aliphatic carbocycles. The number of carbonyl (C=O) groups is 1. The fourth-order valence-corrected chi connectivity index (χ4v) is 2.90. The molecule has 0 saturated carbocycles. The van der Waals surface area contributed by atoms with E-state index in [-0.39, 0.29) is 5.91 Å². The van der Waals surface area contributed by atoms with E-state index in [1.54, 1.807) is 0 Å². The SMILES string of the molecule is NCc1cc(Br)cc(N2CC(=O)Nc3ccccc32)c1. The first-order valence-electron chi connectivity index (χ1n) is 6.33. The van der Waals surface area contributed by atoms with Crippen molar-refractivity contribution >= 4 is 38.9 Å². The molecular weight excluding hydrogens is 318 g/mol. The summed E-state index contributed by atoms with van der Waals surface area (Å²) < 4.78 is 0.957. The number of hydrogen-bond donors (Lipinski definition) is 2. The minimum atomic E-state index is -0.0158. The monoisotopic (exact) mass is 331 g/mol. The van der Waals surface area contributed by atoms with Crippen LogP contribution in [0.4, 0.5) is 17.1 Å². The minimum absolute atomic E-state index is 0.0158. The van der Waals surface area contributed by atoms with Crippen LogP contribution in [0.1, 0.15) is 5.56 Å². The van der Waals surface area contributed by atoms with Gasteiger partial charge in [0.1, 0.15) is 6.54 Å². The van der Waals surface area contributed by atoms with E-state index in [0.717, 1.165) is 27.1 Å². The molecule has 4 nitrogen and oxygen atoms in total. The maximum atomic E-state index is 11.9. The summed E-state index contributed by atoms with van der Waals surface area (Å²) in [6.07, 6.45) is 0. The predicted molar refractivity (Wildman–Crippen MR) is 84.1 cm³/mol. The van der Waals surface area contributed by atoms with Gasteiger partial charge in [-0.15, -0.1) is 0 Å². The Bertz CT molecular complexity index is 672. The van der Waals surface area contributed by atoms with E-state index >= 15 is 0 Å². The third kappa shape index (κ3) is 2.42. The molecule has 1 heterocycles. The minimum Gasteiger partial charge on any atom is -0.330 e. The second kappa shape index (κ2) is 5.26. The third-order valence-electron chi connectivity index (χ3n) is 3.26. The fourth-order valence-electron chi connectivity index (χ4n) is 2.37. The molecule has 0 atom stereocenters. The second-order valence-electron chi connectivity index (χ2n) is 4.67. The van der Waals surface area contributed by atoms with Gasteiger partial charge in [0.2, 0.25) is 5.91 Å². The zero-order chi connectivity index (χ0) is 14.1. The number of hydrogen-bond acceptors (Lipinski definition) is 3. The Kier molecular flexibility index (Phi) is 3.46. The smallest absolute Gasteiger partial charge is 0.244 e. The third-order valence-corrected chi connectivity index (χ3v) is 3.72. The molecule has 0 bridgehead atoms. The van der Waals surface area contributed by atoms with E-state index in [0.29, 0.717) is 13.1 Å². The molecule has 0 fully saturated rings. The van der Waals surface area contributed by atoms with Crippen LogP contribution in [0.3, 0.4) is 0 Å². The maximum absolute atomic E-state index is 11.9. The van der Waals surface area contributed by atoms with Crippen LogP contribution in [0.15, 0.2) is 46.9 Å². The molecule has 0 unspecified atom stereocenters. The summed E-state index contributed by atoms with van der Waals surface area (Å²) in [6, 6.07) is 13.8. The van der Waals surface area contributed by atoms with Gasteiger partial charge in [0.25, 0.3) is 0 Å². The fraction of sp³-hybridized carbons (Fsp3) is 0.133. The van der Waals surface area contributed by atoms with Gasteiger partial charge in [0.05, 0.1) is 11.4 Å². The molecule has 5 heteroatoms. The van der Waals surface area contributed by atoms with Crippen molar-refractivity contribution in [3.63, 3.8) is 0 Å². The van der Waals surface area contributed by atoms with Crippen molar-refractivity contribution in [3.05, 3.63) is 52.5 Å². The summed E-state index contributed by atoms with van der Waals surface area (Å²) in [5, 5.41) is 2.89. The average molecular weight is 332 g/mol. The molecule has 3 N–H and O–H groups in total. The number of carbonyl (C=O) groups excluding carboxylic acids is 1. The second-order valence-corrected chi connectivity index (χ2v) is 5.59. The van der Waals surface area contributed by atoms with E-state index in [9.17, 15) is 4.79 Å². The van der Waals surface area contributed by atoms with Gasteiger partial charge in [-0.05, 0) is 35.9 Å². The van der Waals surface area contributed by atoms with E-state index in [4.69, 9.17) is 5.73 Å². The van der Waals surface area contributed by atoms with Crippen molar-refractivity contribution in [1.29, 1.82) is 0 Å². The molecule has 1 amide bonds. The zero-order valence-corrected chi connectivity index (χ0v) is 12.4. The first-order valence-corrected chi connectivity index (χ1v) is 7.12. The summed E-state index contributed by atoms with van der Waals surface area (Å²) in [5.74, 6) is -0.0158. The summed E-state index contributed by atoms with van der Waals surface area (Å²) >= 11 is 3.49. The quantitative estimate of drug-likeness (QED) is 0.889. The summed E-state index contributed by atoms with van der Waals surface area (Å²) in [4.78, 5) is 13.9. The molecule has 3 rings (SSSR count).